The van der Waals surface area contributed by atoms with Gasteiger partial charge in [-0.05, 0) is 83.3 Å². The van der Waals surface area contributed by atoms with E-state index in [1.807, 2.05) is 91.9 Å². The Hall–Kier alpha value is -7.83. The van der Waals surface area contributed by atoms with Gasteiger partial charge in [-0.15, -0.1) is 0 Å². The summed E-state index contributed by atoms with van der Waals surface area (Å²) in [7, 11) is 0. The number of hydrogen-bond donors (Lipinski definition) is 1. The van der Waals surface area contributed by atoms with Gasteiger partial charge in [-0.25, -0.2) is 15.0 Å². The number of benzene rings is 8. The van der Waals surface area contributed by atoms with Gasteiger partial charge in [-0.1, -0.05) is 133 Å². The third kappa shape index (κ3) is 5.46. The smallest absolute Gasteiger partial charge is 0.164 e. The maximum atomic E-state index is 10.8. The molecule has 1 N–H and O–H groups in total. The molecular formula is C52H34N4O2. The van der Waals surface area contributed by atoms with Gasteiger partial charge in [-0.2, -0.15) is 0 Å². The van der Waals surface area contributed by atoms with E-state index in [4.69, 9.17) is 19.4 Å². The Morgan fingerprint density at radius 3 is 1.81 bits per heavy atom. The van der Waals surface area contributed by atoms with Crippen LogP contribution in [-0.2, 0) is 0 Å². The van der Waals surface area contributed by atoms with E-state index >= 15 is 0 Å². The number of aromatic hydroxyl groups is 1. The Kier molecular flexibility index (Phi) is 7.76. The van der Waals surface area contributed by atoms with Crippen molar-refractivity contribution in [3.63, 3.8) is 0 Å². The van der Waals surface area contributed by atoms with E-state index in [2.05, 4.69) is 95.6 Å². The summed E-state index contributed by atoms with van der Waals surface area (Å²) >= 11 is 0. The number of phenolic OH excluding ortho intramolecular Hbond substituents is 1. The summed E-state index contributed by atoms with van der Waals surface area (Å²) in [6, 6.07) is 61.9. The molecule has 0 amide bonds. The highest BCUT2D eigenvalue weighted by Gasteiger charge is 2.22. The molecule has 0 aliphatic rings. The van der Waals surface area contributed by atoms with Gasteiger partial charge in [0.15, 0.2) is 17.5 Å². The molecule has 8 aromatic carbocycles. The van der Waals surface area contributed by atoms with Gasteiger partial charge in [-0.3, -0.25) is 0 Å². The first kappa shape index (κ1) is 33.5. The number of nitrogens with zero attached hydrogens (tertiary/aromatic N) is 4. The van der Waals surface area contributed by atoms with Crippen molar-refractivity contribution in [3.8, 4) is 67.9 Å². The molecule has 11 rings (SSSR count). The van der Waals surface area contributed by atoms with E-state index in [-0.39, 0.29) is 5.75 Å². The average Bonchev–Trinajstić information content (AvgIpc) is 3.82. The largest absolute Gasteiger partial charge is 0.508 e. The quantitative estimate of drug-likeness (QED) is 0.183. The van der Waals surface area contributed by atoms with Gasteiger partial charge < -0.3 is 14.1 Å². The van der Waals surface area contributed by atoms with Crippen molar-refractivity contribution >= 4 is 43.7 Å². The Balaban J connectivity index is 1.21. The maximum absolute atomic E-state index is 10.8. The van der Waals surface area contributed by atoms with Crippen molar-refractivity contribution in [1.29, 1.82) is 0 Å². The van der Waals surface area contributed by atoms with Crippen LogP contribution in [0.25, 0.3) is 106 Å². The van der Waals surface area contributed by atoms with Crippen LogP contribution in [0.1, 0.15) is 5.56 Å². The van der Waals surface area contributed by atoms with Crippen LogP contribution in [0, 0.1) is 6.92 Å². The van der Waals surface area contributed by atoms with Crippen LogP contribution in [0.2, 0.25) is 0 Å². The van der Waals surface area contributed by atoms with Gasteiger partial charge in [0.1, 0.15) is 16.9 Å². The lowest BCUT2D eigenvalue weighted by Crippen LogP contribution is -2.01. The molecule has 274 valence electrons. The first-order valence-corrected chi connectivity index (χ1v) is 19.3. The minimum Gasteiger partial charge on any atom is -0.508 e. The molecule has 0 saturated carbocycles. The van der Waals surface area contributed by atoms with Gasteiger partial charge >= 0.3 is 0 Å². The molecule has 0 bridgehead atoms. The van der Waals surface area contributed by atoms with Crippen molar-refractivity contribution in [1.82, 2.24) is 19.5 Å². The standard InChI is InChI=1S/C52H34N4O2/c1-32-37(22-13-25-46(32)57)35-27-28-38(42(29-35)52-54-50(33-15-5-2-6-16-33)53-51(55-52)34-17-7-3-8-18-34)40-23-14-26-47-49(40)43-30-45-41(31-48(43)58-47)39-21-11-12-24-44(39)56(45)36-19-9-4-10-20-36/h2-31,57H,1H3. The van der Waals surface area contributed by atoms with Crippen LogP contribution >= 0.6 is 0 Å². The number of phenols is 1. The lowest BCUT2D eigenvalue weighted by molar-refractivity contribution is 0.471. The molecule has 0 atom stereocenters. The fraction of sp³-hybridized carbons (Fsp3) is 0.0192. The molecule has 0 saturated heterocycles. The first-order valence-electron chi connectivity index (χ1n) is 19.3. The fourth-order valence-corrected chi connectivity index (χ4v) is 8.36. The molecule has 3 aromatic heterocycles. The molecule has 3 heterocycles. The normalized spacial score (nSPS) is 11.6. The second kappa shape index (κ2) is 13.4. The summed E-state index contributed by atoms with van der Waals surface area (Å²) in [6.07, 6.45) is 0. The first-order chi connectivity index (χ1) is 28.6. The second-order valence-corrected chi connectivity index (χ2v) is 14.6. The summed E-state index contributed by atoms with van der Waals surface area (Å²) in [5, 5.41) is 15.1. The molecule has 0 aliphatic heterocycles. The van der Waals surface area contributed by atoms with E-state index in [0.717, 1.165) is 88.6 Å². The van der Waals surface area contributed by atoms with Crippen molar-refractivity contribution in [3.05, 3.63) is 188 Å². The van der Waals surface area contributed by atoms with E-state index < -0.39 is 0 Å². The van der Waals surface area contributed by atoms with Crippen molar-refractivity contribution < 1.29 is 9.52 Å². The summed E-state index contributed by atoms with van der Waals surface area (Å²) < 4.78 is 9.07. The van der Waals surface area contributed by atoms with Gasteiger partial charge in [0.25, 0.3) is 0 Å². The van der Waals surface area contributed by atoms with E-state index in [1.54, 1.807) is 6.07 Å². The number of para-hydroxylation sites is 2. The van der Waals surface area contributed by atoms with E-state index in [9.17, 15) is 5.11 Å². The van der Waals surface area contributed by atoms with Crippen LogP contribution in [0.15, 0.2) is 186 Å². The number of rotatable bonds is 6. The molecule has 0 spiro atoms. The number of hydrogen-bond acceptors (Lipinski definition) is 5. The SMILES string of the molecule is Cc1c(O)cccc1-c1ccc(-c2cccc3oc4cc5c6ccccc6n(-c6ccccc6)c5cc4c23)c(-c2nc(-c3ccccc3)nc(-c3ccccc3)n2)c1. The second-order valence-electron chi connectivity index (χ2n) is 14.6. The molecule has 11 aromatic rings. The third-order valence-corrected chi connectivity index (χ3v) is 11.2. The molecule has 6 nitrogen and oxygen atoms in total. The number of aromatic nitrogens is 4. The monoisotopic (exact) mass is 746 g/mol. The zero-order chi connectivity index (χ0) is 38.7. The van der Waals surface area contributed by atoms with Crippen LogP contribution in [-0.4, -0.2) is 24.6 Å². The molecule has 58 heavy (non-hydrogen) atoms. The minimum absolute atomic E-state index is 0.245. The molecular weight excluding hydrogens is 713 g/mol. The molecule has 0 radical (unpaired) electrons. The van der Waals surface area contributed by atoms with E-state index in [1.165, 1.54) is 5.39 Å². The fourth-order valence-electron chi connectivity index (χ4n) is 8.36. The van der Waals surface area contributed by atoms with Gasteiger partial charge in [0.05, 0.1) is 11.0 Å². The van der Waals surface area contributed by atoms with Crippen molar-refractivity contribution in [2.24, 2.45) is 0 Å². The zero-order valence-electron chi connectivity index (χ0n) is 31.5. The Morgan fingerprint density at radius 1 is 0.431 bits per heavy atom. The predicted molar refractivity (Wildman–Crippen MR) is 235 cm³/mol. The third-order valence-electron chi connectivity index (χ3n) is 11.2. The van der Waals surface area contributed by atoms with Crippen LogP contribution in [0.3, 0.4) is 0 Å². The van der Waals surface area contributed by atoms with E-state index in [0.29, 0.717) is 17.5 Å². The molecule has 0 unspecified atom stereocenters. The molecule has 6 heteroatoms. The lowest BCUT2D eigenvalue weighted by Gasteiger charge is -2.16. The van der Waals surface area contributed by atoms with Crippen LogP contribution < -0.4 is 0 Å². The lowest BCUT2D eigenvalue weighted by atomic mass is 9.90. The van der Waals surface area contributed by atoms with Crippen LogP contribution in [0.5, 0.6) is 5.75 Å². The Morgan fingerprint density at radius 2 is 1.07 bits per heavy atom. The summed E-state index contributed by atoms with van der Waals surface area (Å²) in [4.78, 5) is 15.4. The molecule has 0 fully saturated rings. The average molecular weight is 747 g/mol. The van der Waals surface area contributed by atoms with Crippen molar-refractivity contribution in [2.45, 2.75) is 6.92 Å². The predicted octanol–water partition coefficient (Wildman–Crippen LogP) is 13.2. The summed E-state index contributed by atoms with van der Waals surface area (Å²) in [6.45, 7) is 1.94. The summed E-state index contributed by atoms with van der Waals surface area (Å²) in [5.41, 5.74) is 12.2. The number of furan rings is 1. The van der Waals surface area contributed by atoms with Gasteiger partial charge in [0.2, 0.25) is 0 Å². The Labute approximate surface area is 334 Å². The number of fused-ring (bicyclic) bond motifs is 6. The highest BCUT2D eigenvalue weighted by molar-refractivity contribution is 6.20. The highest BCUT2D eigenvalue weighted by atomic mass is 16.3. The van der Waals surface area contributed by atoms with Crippen LogP contribution in [0.4, 0.5) is 0 Å². The van der Waals surface area contributed by atoms with Gasteiger partial charge in [0, 0.05) is 43.9 Å². The molecule has 0 aliphatic carbocycles. The highest BCUT2D eigenvalue weighted by Crippen LogP contribution is 2.45. The van der Waals surface area contributed by atoms with Crippen molar-refractivity contribution in [2.75, 3.05) is 0 Å². The summed E-state index contributed by atoms with van der Waals surface area (Å²) in [5.74, 6) is 1.95. The minimum atomic E-state index is 0.245. The zero-order valence-corrected chi connectivity index (χ0v) is 31.5. The Bertz CT molecular complexity index is 3290. The maximum Gasteiger partial charge on any atom is 0.164 e. The topological polar surface area (TPSA) is 77.0 Å².